The van der Waals surface area contributed by atoms with E-state index in [9.17, 15) is 35.3 Å². The van der Waals surface area contributed by atoms with E-state index in [1.54, 1.807) is 0 Å². The lowest BCUT2D eigenvalue weighted by Gasteiger charge is -2.24. The van der Waals surface area contributed by atoms with E-state index in [-0.39, 0.29) is 0 Å². The second-order valence-corrected chi connectivity index (χ2v) is 7.15. The number of benzene rings is 1. The second kappa shape index (κ2) is 7.01. The highest BCUT2D eigenvalue weighted by molar-refractivity contribution is 7.62. The first-order chi connectivity index (χ1) is 10.7. The standard InChI is InChI=1S/C13H14F7O3P/c1-5(2)22-24(21,23-6(3)4)12-10(16)8(14)7(13(18,19)20)9(15)11(12)17/h5-6H,1-4H3. The lowest BCUT2D eigenvalue weighted by molar-refractivity contribution is -0.143. The van der Waals surface area contributed by atoms with Crippen molar-refractivity contribution in [1.82, 2.24) is 0 Å². The first-order valence-electron chi connectivity index (χ1n) is 6.63. The van der Waals surface area contributed by atoms with E-state index in [4.69, 9.17) is 9.05 Å². The van der Waals surface area contributed by atoms with Gasteiger partial charge in [-0.15, -0.1) is 0 Å². The van der Waals surface area contributed by atoms with Crippen LogP contribution in [-0.4, -0.2) is 12.2 Å². The lowest BCUT2D eigenvalue weighted by Crippen LogP contribution is -2.28. The maximum absolute atomic E-state index is 14.0. The Labute approximate surface area is 133 Å². The zero-order chi connectivity index (χ0) is 19.0. The molecular formula is C13H14F7O3P. The van der Waals surface area contributed by atoms with Crippen LogP contribution < -0.4 is 5.30 Å². The Balaban J connectivity index is 3.78. The molecule has 0 saturated carbocycles. The van der Waals surface area contributed by atoms with Gasteiger partial charge < -0.3 is 9.05 Å². The van der Waals surface area contributed by atoms with Gasteiger partial charge in [-0.3, -0.25) is 4.57 Å². The summed E-state index contributed by atoms with van der Waals surface area (Å²) in [6, 6.07) is 0. The molecule has 0 radical (unpaired) electrons. The third-order valence-corrected chi connectivity index (χ3v) is 4.84. The van der Waals surface area contributed by atoms with Crippen molar-refractivity contribution in [1.29, 1.82) is 0 Å². The molecule has 0 unspecified atom stereocenters. The van der Waals surface area contributed by atoms with E-state index in [0.717, 1.165) is 0 Å². The summed E-state index contributed by atoms with van der Waals surface area (Å²) in [5, 5.41) is -1.84. The average Bonchev–Trinajstić information content (AvgIpc) is 2.32. The Kier molecular flexibility index (Phi) is 6.11. The summed E-state index contributed by atoms with van der Waals surface area (Å²) in [5.41, 5.74) is -2.76. The summed E-state index contributed by atoms with van der Waals surface area (Å²) in [6.07, 6.45) is -7.64. The van der Waals surface area contributed by atoms with Crippen molar-refractivity contribution in [2.75, 3.05) is 0 Å². The van der Waals surface area contributed by atoms with Gasteiger partial charge in [0.05, 0.1) is 12.2 Å². The fraction of sp³-hybridized carbons (Fsp3) is 0.538. The molecule has 0 N–H and O–H groups in total. The first-order valence-corrected chi connectivity index (χ1v) is 8.17. The molecule has 0 saturated heterocycles. The maximum Gasteiger partial charge on any atom is 0.422 e. The van der Waals surface area contributed by atoms with Crippen LogP contribution in [0.2, 0.25) is 0 Å². The SMILES string of the molecule is CC(C)OP(=O)(OC(C)C)c1c(F)c(F)c(C(F)(F)F)c(F)c1F. The topological polar surface area (TPSA) is 35.5 Å². The summed E-state index contributed by atoms with van der Waals surface area (Å²) in [6.45, 7) is 5.12. The Morgan fingerprint density at radius 2 is 1.12 bits per heavy atom. The third-order valence-electron chi connectivity index (χ3n) is 2.50. The monoisotopic (exact) mass is 382 g/mol. The van der Waals surface area contributed by atoms with Gasteiger partial charge in [-0.2, -0.15) is 13.2 Å². The van der Waals surface area contributed by atoms with Crippen LogP contribution >= 0.6 is 7.60 Å². The molecule has 0 spiro atoms. The molecule has 0 aliphatic heterocycles. The van der Waals surface area contributed by atoms with Gasteiger partial charge in [0.1, 0.15) is 10.9 Å². The van der Waals surface area contributed by atoms with Crippen LogP contribution in [0, 0.1) is 23.3 Å². The summed E-state index contributed by atoms with van der Waals surface area (Å²) in [7, 11) is -4.98. The van der Waals surface area contributed by atoms with Crippen LogP contribution in [0.25, 0.3) is 0 Å². The summed E-state index contributed by atoms with van der Waals surface area (Å²) < 4.78 is 115. The minimum atomic E-state index is -5.70. The quantitative estimate of drug-likeness (QED) is 0.412. The zero-order valence-corrected chi connectivity index (χ0v) is 13.9. The predicted molar refractivity (Wildman–Crippen MR) is 71.0 cm³/mol. The molecular weight excluding hydrogens is 368 g/mol. The minimum absolute atomic E-state index is 0.971. The molecule has 0 aliphatic rings. The van der Waals surface area contributed by atoms with E-state index in [2.05, 4.69) is 0 Å². The molecule has 1 rings (SSSR count). The van der Waals surface area contributed by atoms with Crippen molar-refractivity contribution in [3.05, 3.63) is 28.8 Å². The minimum Gasteiger partial charge on any atom is -0.302 e. The first kappa shape index (κ1) is 20.9. The zero-order valence-electron chi connectivity index (χ0n) is 13.0. The normalized spacial score (nSPS) is 13.2. The number of hydrogen-bond acceptors (Lipinski definition) is 3. The van der Waals surface area contributed by atoms with Crippen molar-refractivity contribution in [2.45, 2.75) is 46.1 Å². The summed E-state index contributed by atoms with van der Waals surface area (Å²) in [5.74, 6) is -10.4. The van der Waals surface area contributed by atoms with Crippen LogP contribution in [-0.2, 0) is 19.8 Å². The van der Waals surface area contributed by atoms with Gasteiger partial charge in [-0.1, -0.05) is 0 Å². The van der Waals surface area contributed by atoms with Crippen molar-refractivity contribution in [3.63, 3.8) is 0 Å². The van der Waals surface area contributed by atoms with Crippen molar-refractivity contribution < 1.29 is 44.3 Å². The van der Waals surface area contributed by atoms with Gasteiger partial charge in [-0.05, 0) is 27.7 Å². The van der Waals surface area contributed by atoms with Gasteiger partial charge in [0.2, 0.25) is 0 Å². The molecule has 24 heavy (non-hydrogen) atoms. The molecule has 0 fully saturated rings. The molecule has 11 heteroatoms. The number of halogens is 7. The molecule has 3 nitrogen and oxygen atoms in total. The van der Waals surface area contributed by atoms with Crippen molar-refractivity contribution in [3.8, 4) is 0 Å². The van der Waals surface area contributed by atoms with Gasteiger partial charge >= 0.3 is 13.8 Å². The highest BCUT2D eigenvalue weighted by atomic mass is 31.2. The van der Waals surface area contributed by atoms with Gasteiger partial charge in [0.15, 0.2) is 23.3 Å². The molecule has 0 aliphatic carbocycles. The Hall–Kier alpha value is -1.12. The fourth-order valence-corrected chi connectivity index (χ4v) is 3.84. The van der Waals surface area contributed by atoms with Crippen LogP contribution in [0.4, 0.5) is 30.7 Å². The molecule has 0 amide bonds. The molecule has 138 valence electrons. The van der Waals surface area contributed by atoms with E-state index < -0.39 is 60.1 Å². The van der Waals surface area contributed by atoms with Crippen LogP contribution in [0.3, 0.4) is 0 Å². The van der Waals surface area contributed by atoms with E-state index in [1.807, 2.05) is 0 Å². The lowest BCUT2D eigenvalue weighted by atomic mass is 10.1. The number of hydrogen-bond donors (Lipinski definition) is 0. The smallest absolute Gasteiger partial charge is 0.302 e. The summed E-state index contributed by atoms with van der Waals surface area (Å²) >= 11 is 0. The van der Waals surface area contributed by atoms with Gasteiger partial charge in [0, 0.05) is 0 Å². The Bertz CT molecular complexity index is 628. The second-order valence-electron chi connectivity index (χ2n) is 5.28. The molecule has 1 aromatic carbocycles. The highest BCUT2D eigenvalue weighted by Gasteiger charge is 2.47. The fourth-order valence-electron chi connectivity index (χ4n) is 1.79. The van der Waals surface area contributed by atoms with Crippen LogP contribution in [0.5, 0.6) is 0 Å². The van der Waals surface area contributed by atoms with Crippen molar-refractivity contribution >= 4 is 12.9 Å². The van der Waals surface area contributed by atoms with Crippen LogP contribution in [0.1, 0.15) is 33.3 Å². The third kappa shape index (κ3) is 4.10. The molecule has 0 atom stereocenters. The van der Waals surface area contributed by atoms with Gasteiger partial charge in [0.25, 0.3) is 0 Å². The molecule has 1 aromatic rings. The van der Waals surface area contributed by atoms with E-state index >= 15 is 0 Å². The largest absolute Gasteiger partial charge is 0.422 e. The highest BCUT2D eigenvalue weighted by Crippen LogP contribution is 2.52. The molecule has 0 bridgehead atoms. The van der Waals surface area contributed by atoms with Crippen LogP contribution in [0.15, 0.2) is 0 Å². The summed E-state index contributed by atoms with van der Waals surface area (Å²) in [4.78, 5) is 0. The van der Waals surface area contributed by atoms with E-state index in [1.165, 1.54) is 27.7 Å². The van der Waals surface area contributed by atoms with Gasteiger partial charge in [-0.25, -0.2) is 17.6 Å². The predicted octanol–water partition coefficient (Wildman–Crippen LogP) is 4.93. The average molecular weight is 382 g/mol. The Morgan fingerprint density at radius 1 is 0.792 bits per heavy atom. The van der Waals surface area contributed by atoms with E-state index in [0.29, 0.717) is 0 Å². The number of alkyl halides is 3. The van der Waals surface area contributed by atoms with Crippen molar-refractivity contribution in [2.24, 2.45) is 0 Å². The maximum atomic E-state index is 14.0. The molecule has 0 aromatic heterocycles. The Morgan fingerprint density at radius 3 is 1.38 bits per heavy atom. The molecule has 0 heterocycles. The number of rotatable bonds is 5.